The molecule has 1 saturated heterocycles. The topological polar surface area (TPSA) is 81.3 Å². The molecule has 1 aliphatic rings. The number of hydrogen-bond acceptors (Lipinski definition) is 5. The van der Waals surface area contributed by atoms with E-state index in [0.717, 1.165) is 25.1 Å². The highest BCUT2D eigenvalue weighted by atomic mass is 16.6. The van der Waals surface area contributed by atoms with E-state index >= 15 is 0 Å². The van der Waals surface area contributed by atoms with E-state index in [4.69, 9.17) is 10.5 Å². The van der Waals surface area contributed by atoms with Crippen molar-refractivity contribution in [3.63, 3.8) is 0 Å². The molecule has 110 valence electrons. The molecule has 6 nitrogen and oxygen atoms in total. The lowest BCUT2D eigenvalue weighted by Gasteiger charge is -2.33. The minimum Gasteiger partial charge on any atom is -0.444 e. The molecule has 2 N–H and O–H groups in total. The number of nitrogens with zero attached hydrogens (tertiary/aromatic N) is 3. The molecule has 0 aromatic carbocycles. The Labute approximate surface area is 119 Å². The summed E-state index contributed by atoms with van der Waals surface area (Å²) >= 11 is 0. The van der Waals surface area contributed by atoms with Crippen LogP contribution in [-0.4, -0.2) is 39.9 Å². The second-order valence-corrected chi connectivity index (χ2v) is 6.15. The zero-order valence-corrected chi connectivity index (χ0v) is 12.3. The molecular weight excluding hydrogens is 256 g/mol. The Morgan fingerprint density at radius 3 is 2.75 bits per heavy atom. The third kappa shape index (κ3) is 3.82. The highest BCUT2D eigenvalue weighted by Gasteiger charge is 2.29. The van der Waals surface area contributed by atoms with Crippen molar-refractivity contribution in [2.75, 3.05) is 18.8 Å². The van der Waals surface area contributed by atoms with Crippen molar-refractivity contribution >= 4 is 11.9 Å². The molecule has 1 aromatic rings. The first-order chi connectivity index (χ1) is 9.35. The average Bonchev–Trinajstić information content (AvgIpc) is 2.38. The number of carbonyl (C=O) groups is 1. The Morgan fingerprint density at radius 2 is 2.15 bits per heavy atom. The van der Waals surface area contributed by atoms with E-state index in [1.807, 2.05) is 26.8 Å². The first kappa shape index (κ1) is 14.6. The van der Waals surface area contributed by atoms with E-state index in [-0.39, 0.29) is 12.0 Å². The average molecular weight is 278 g/mol. The number of amides is 1. The number of nitrogens with two attached hydrogens (primary N) is 1. The van der Waals surface area contributed by atoms with Gasteiger partial charge in [-0.15, -0.1) is 5.10 Å². The van der Waals surface area contributed by atoms with Crippen LogP contribution in [0.15, 0.2) is 12.1 Å². The highest BCUT2D eigenvalue weighted by molar-refractivity contribution is 5.68. The Morgan fingerprint density at radius 1 is 1.40 bits per heavy atom. The number of aromatic nitrogens is 2. The molecule has 0 bridgehead atoms. The van der Waals surface area contributed by atoms with Gasteiger partial charge >= 0.3 is 6.09 Å². The van der Waals surface area contributed by atoms with Crippen LogP contribution in [0.2, 0.25) is 0 Å². The summed E-state index contributed by atoms with van der Waals surface area (Å²) in [7, 11) is 0. The maximum absolute atomic E-state index is 12.1. The zero-order chi connectivity index (χ0) is 14.8. The molecule has 2 rings (SSSR count). The van der Waals surface area contributed by atoms with E-state index in [2.05, 4.69) is 10.2 Å². The van der Waals surface area contributed by atoms with E-state index in [1.165, 1.54) is 0 Å². The summed E-state index contributed by atoms with van der Waals surface area (Å²) in [5, 5.41) is 7.99. The molecule has 20 heavy (non-hydrogen) atoms. The number of carbonyl (C=O) groups excluding carboxylic acids is 1. The molecule has 2 heterocycles. The van der Waals surface area contributed by atoms with Crippen LogP contribution in [-0.2, 0) is 4.74 Å². The summed E-state index contributed by atoms with van der Waals surface area (Å²) in [6, 6.07) is 3.63. The molecule has 1 fully saturated rings. The van der Waals surface area contributed by atoms with E-state index in [9.17, 15) is 4.79 Å². The molecule has 1 amide bonds. The van der Waals surface area contributed by atoms with Gasteiger partial charge in [0.25, 0.3) is 0 Å². The quantitative estimate of drug-likeness (QED) is 0.851. The van der Waals surface area contributed by atoms with Crippen molar-refractivity contribution in [3.05, 3.63) is 17.8 Å². The van der Waals surface area contributed by atoms with Gasteiger partial charge < -0.3 is 15.4 Å². The molecule has 0 saturated carbocycles. The van der Waals surface area contributed by atoms with Crippen molar-refractivity contribution in [1.82, 2.24) is 15.1 Å². The normalized spacial score (nSPS) is 19.8. The molecular formula is C14H22N4O2. The summed E-state index contributed by atoms with van der Waals surface area (Å²) in [5.74, 6) is 0.609. The maximum Gasteiger partial charge on any atom is 0.410 e. The first-order valence-corrected chi connectivity index (χ1v) is 6.92. The SMILES string of the molecule is CC(C)(C)OC(=O)N1CCCC(c2ccc(N)nn2)C1. The maximum atomic E-state index is 12.1. The van der Waals surface area contributed by atoms with Gasteiger partial charge in [-0.3, -0.25) is 0 Å². The monoisotopic (exact) mass is 278 g/mol. The van der Waals surface area contributed by atoms with Crippen LogP contribution in [0.4, 0.5) is 10.6 Å². The third-order valence-corrected chi connectivity index (χ3v) is 3.20. The Kier molecular flexibility index (Phi) is 4.11. The molecule has 1 aromatic heterocycles. The summed E-state index contributed by atoms with van der Waals surface area (Å²) in [6.07, 6.45) is 1.68. The number of likely N-dealkylation sites (tertiary alicyclic amines) is 1. The van der Waals surface area contributed by atoms with Crippen molar-refractivity contribution < 1.29 is 9.53 Å². The fourth-order valence-corrected chi connectivity index (χ4v) is 2.28. The van der Waals surface area contributed by atoms with Crippen LogP contribution >= 0.6 is 0 Å². The number of rotatable bonds is 1. The lowest BCUT2D eigenvalue weighted by Crippen LogP contribution is -2.42. The second kappa shape index (κ2) is 5.64. The second-order valence-electron chi connectivity index (χ2n) is 6.15. The number of hydrogen-bond donors (Lipinski definition) is 1. The molecule has 0 radical (unpaired) electrons. The van der Waals surface area contributed by atoms with Crippen molar-refractivity contribution in [2.24, 2.45) is 0 Å². The lowest BCUT2D eigenvalue weighted by molar-refractivity contribution is 0.0197. The summed E-state index contributed by atoms with van der Waals surface area (Å²) in [4.78, 5) is 13.8. The molecule has 6 heteroatoms. The standard InChI is InChI=1S/C14H22N4O2/c1-14(2,3)20-13(19)18-8-4-5-10(9-18)11-6-7-12(15)17-16-11/h6-7,10H,4-5,8-9H2,1-3H3,(H2,15,17). The van der Waals surface area contributed by atoms with E-state index in [0.29, 0.717) is 12.4 Å². The Balaban J connectivity index is 2.01. The van der Waals surface area contributed by atoms with Crippen LogP contribution in [0.5, 0.6) is 0 Å². The van der Waals surface area contributed by atoms with Crippen molar-refractivity contribution in [3.8, 4) is 0 Å². The van der Waals surface area contributed by atoms with Gasteiger partial charge in [0.05, 0.1) is 5.69 Å². The summed E-state index contributed by atoms with van der Waals surface area (Å²) in [6.45, 7) is 6.97. The lowest BCUT2D eigenvalue weighted by atomic mass is 9.95. The minimum absolute atomic E-state index is 0.198. The van der Waals surface area contributed by atoms with Crippen LogP contribution in [0.1, 0.15) is 45.2 Å². The number of ether oxygens (including phenoxy) is 1. The number of nitrogen functional groups attached to an aromatic ring is 1. The minimum atomic E-state index is -0.467. The molecule has 1 atom stereocenters. The van der Waals surface area contributed by atoms with Gasteiger partial charge in [-0.1, -0.05) is 0 Å². The van der Waals surface area contributed by atoms with Gasteiger partial charge in [-0.05, 0) is 45.7 Å². The predicted octanol–water partition coefficient (Wildman–Crippen LogP) is 2.17. The fourth-order valence-electron chi connectivity index (χ4n) is 2.28. The van der Waals surface area contributed by atoms with Crippen LogP contribution < -0.4 is 5.73 Å². The highest BCUT2D eigenvalue weighted by Crippen LogP contribution is 2.26. The van der Waals surface area contributed by atoms with E-state index < -0.39 is 5.60 Å². The molecule has 0 spiro atoms. The van der Waals surface area contributed by atoms with Gasteiger partial charge in [0, 0.05) is 19.0 Å². The molecule has 1 unspecified atom stereocenters. The molecule has 1 aliphatic heterocycles. The zero-order valence-electron chi connectivity index (χ0n) is 12.3. The van der Waals surface area contributed by atoms with Gasteiger partial charge in [-0.25, -0.2) is 4.79 Å². The molecule has 0 aliphatic carbocycles. The summed E-state index contributed by atoms with van der Waals surface area (Å²) in [5.41, 5.74) is 5.96. The Bertz CT molecular complexity index is 467. The predicted molar refractivity (Wildman–Crippen MR) is 76.2 cm³/mol. The third-order valence-electron chi connectivity index (χ3n) is 3.20. The fraction of sp³-hybridized carbons (Fsp3) is 0.643. The summed E-state index contributed by atoms with van der Waals surface area (Å²) < 4.78 is 5.41. The first-order valence-electron chi connectivity index (χ1n) is 6.92. The van der Waals surface area contributed by atoms with Crippen molar-refractivity contribution in [2.45, 2.75) is 45.1 Å². The van der Waals surface area contributed by atoms with Crippen LogP contribution in [0.3, 0.4) is 0 Å². The Hall–Kier alpha value is -1.85. The largest absolute Gasteiger partial charge is 0.444 e. The van der Waals surface area contributed by atoms with Crippen LogP contribution in [0.25, 0.3) is 0 Å². The number of anilines is 1. The van der Waals surface area contributed by atoms with E-state index in [1.54, 1.807) is 11.0 Å². The van der Waals surface area contributed by atoms with Crippen LogP contribution in [0, 0.1) is 0 Å². The van der Waals surface area contributed by atoms with Gasteiger partial charge in [-0.2, -0.15) is 5.10 Å². The smallest absolute Gasteiger partial charge is 0.410 e. The van der Waals surface area contributed by atoms with Gasteiger partial charge in [0.15, 0.2) is 0 Å². The van der Waals surface area contributed by atoms with Gasteiger partial charge in [0.1, 0.15) is 11.4 Å². The van der Waals surface area contributed by atoms with Crippen molar-refractivity contribution in [1.29, 1.82) is 0 Å². The van der Waals surface area contributed by atoms with Gasteiger partial charge in [0.2, 0.25) is 0 Å². The number of piperidine rings is 1.